The number of rotatable bonds is 2. The van der Waals surface area contributed by atoms with Crippen LogP contribution in [0.3, 0.4) is 0 Å². The molecule has 118 valence electrons. The van der Waals surface area contributed by atoms with E-state index in [0.717, 1.165) is 11.3 Å². The zero-order valence-corrected chi connectivity index (χ0v) is 14.6. The summed E-state index contributed by atoms with van der Waals surface area (Å²) in [6.07, 6.45) is 8.40. The number of benzene rings is 1. The van der Waals surface area contributed by atoms with Crippen LogP contribution in [0.25, 0.3) is 0 Å². The summed E-state index contributed by atoms with van der Waals surface area (Å²) in [4.78, 5) is 4.11. The molecule has 2 heteroatoms. The van der Waals surface area contributed by atoms with Crippen LogP contribution < -0.4 is 4.90 Å². The van der Waals surface area contributed by atoms with Crippen LogP contribution in [0.15, 0.2) is 59.6 Å². The van der Waals surface area contributed by atoms with Gasteiger partial charge in [-0.25, -0.2) is 0 Å². The molecule has 1 aromatic carbocycles. The van der Waals surface area contributed by atoms with E-state index >= 15 is 0 Å². The lowest BCUT2D eigenvalue weighted by Gasteiger charge is -2.34. The highest BCUT2D eigenvalue weighted by molar-refractivity contribution is 5.65. The van der Waals surface area contributed by atoms with Crippen molar-refractivity contribution in [2.75, 3.05) is 4.90 Å². The van der Waals surface area contributed by atoms with Gasteiger partial charge in [-0.3, -0.25) is 0 Å². The molecule has 0 unspecified atom stereocenters. The second kappa shape index (κ2) is 5.69. The monoisotopic (exact) mass is 303 g/mol. The van der Waals surface area contributed by atoms with E-state index in [2.05, 4.69) is 83.6 Å². The maximum Gasteiger partial charge on any atom is 0.205 e. The van der Waals surface area contributed by atoms with Crippen LogP contribution >= 0.6 is 0 Å². The lowest BCUT2D eigenvalue weighted by molar-refractivity contribution is 0.583. The van der Waals surface area contributed by atoms with E-state index in [9.17, 15) is 0 Å². The first-order valence-corrected chi connectivity index (χ1v) is 7.91. The molecule has 0 aromatic heterocycles. The summed E-state index contributed by atoms with van der Waals surface area (Å²) in [5.74, 6) is 0. The van der Waals surface area contributed by atoms with Crippen molar-refractivity contribution in [2.24, 2.45) is 0 Å². The van der Waals surface area contributed by atoms with Crippen LogP contribution in [-0.2, 0) is 0 Å². The van der Waals surface area contributed by atoms with Crippen LogP contribution in [-0.4, -0.2) is 4.90 Å². The average Bonchev–Trinajstić information content (AvgIpc) is 2.85. The Labute approximate surface area is 140 Å². The average molecular weight is 303 g/mol. The van der Waals surface area contributed by atoms with E-state index in [1.165, 1.54) is 33.5 Å². The van der Waals surface area contributed by atoms with Crippen LogP contribution in [0.5, 0.6) is 0 Å². The zero-order valence-electron chi connectivity index (χ0n) is 14.6. The molecule has 0 N–H and O–H groups in total. The van der Waals surface area contributed by atoms with Crippen LogP contribution in [0, 0.1) is 33.9 Å². The van der Waals surface area contributed by atoms with Crippen molar-refractivity contribution in [1.82, 2.24) is 4.90 Å². The van der Waals surface area contributed by atoms with E-state index in [-0.39, 0.29) is 0 Å². The smallest absolute Gasteiger partial charge is 0.205 e. The molecule has 0 fully saturated rings. The largest absolute Gasteiger partial charge is 0.370 e. The second-order valence-corrected chi connectivity index (χ2v) is 6.48. The minimum Gasteiger partial charge on any atom is -0.370 e. The van der Waals surface area contributed by atoms with Crippen molar-refractivity contribution in [3.8, 4) is 0 Å². The van der Waals surface area contributed by atoms with Crippen molar-refractivity contribution >= 4 is 5.69 Å². The highest BCUT2D eigenvalue weighted by Crippen LogP contribution is 2.36. The molecule has 0 saturated carbocycles. The molecule has 0 bridgehead atoms. The first kappa shape index (κ1) is 15.5. The van der Waals surface area contributed by atoms with E-state index < -0.39 is 0 Å². The zero-order chi connectivity index (χ0) is 16.7. The van der Waals surface area contributed by atoms with E-state index in [1.54, 1.807) is 0 Å². The van der Waals surface area contributed by atoms with Gasteiger partial charge in [0, 0.05) is 18.1 Å². The predicted octanol–water partition coefficient (Wildman–Crippen LogP) is 5.20. The molecule has 1 heterocycles. The molecule has 0 atom stereocenters. The molecule has 1 aliphatic heterocycles. The molecule has 0 spiro atoms. The Balaban J connectivity index is 1.87. The van der Waals surface area contributed by atoms with Gasteiger partial charge in [0.15, 0.2) is 0 Å². The Hall–Kier alpha value is -2.35. The summed E-state index contributed by atoms with van der Waals surface area (Å²) in [6, 6.07) is 4.43. The summed E-state index contributed by atoms with van der Waals surface area (Å²) in [6.45, 7) is 18.3. The van der Waals surface area contributed by atoms with Gasteiger partial charge in [-0.15, -0.1) is 17.7 Å². The van der Waals surface area contributed by atoms with Crippen molar-refractivity contribution in [1.29, 1.82) is 0 Å². The molecule has 3 rings (SSSR count). The first-order chi connectivity index (χ1) is 10.9. The lowest BCUT2D eigenvalue weighted by atomic mass is 9.94. The van der Waals surface area contributed by atoms with E-state index in [0.29, 0.717) is 0 Å². The van der Waals surface area contributed by atoms with Crippen LogP contribution in [0.4, 0.5) is 5.69 Å². The Morgan fingerprint density at radius 2 is 1.57 bits per heavy atom. The topological polar surface area (TPSA) is 6.48 Å². The Bertz CT molecular complexity index is 739. The molecule has 1 aliphatic carbocycles. The Kier molecular flexibility index (Phi) is 3.85. The predicted molar refractivity (Wildman–Crippen MR) is 97.3 cm³/mol. The first-order valence-electron chi connectivity index (χ1n) is 7.91. The number of hydrogen-bond acceptors (Lipinski definition) is 2. The number of anilines is 1. The van der Waals surface area contributed by atoms with Crippen molar-refractivity contribution in [3.63, 3.8) is 0 Å². The molecular formula is C21H23N2-. The van der Waals surface area contributed by atoms with E-state index in [4.69, 9.17) is 0 Å². The normalized spacial score (nSPS) is 17.8. The molecule has 2 radical (unpaired) electrons. The van der Waals surface area contributed by atoms with Crippen LogP contribution in [0.1, 0.15) is 30.5 Å². The molecular weight excluding hydrogens is 280 g/mol. The highest BCUT2D eigenvalue weighted by Gasteiger charge is 2.21. The summed E-state index contributed by atoms with van der Waals surface area (Å²) in [5, 5.41) is 0. The van der Waals surface area contributed by atoms with Gasteiger partial charge in [0.25, 0.3) is 0 Å². The number of nitrogens with zero attached hydrogens (tertiary/aromatic N) is 2. The number of allylic oxidation sites excluding steroid dienone is 3. The molecule has 0 amide bonds. The van der Waals surface area contributed by atoms with Gasteiger partial charge in [-0.05, 0) is 31.9 Å². The van der Waals surface area contributed by atoms with Crippen molar-refractivity contribution in [2.45, 2.75) is 34.6 Å². The third kappa shape index (κ3) is 2.81. The van der Waals surface area contributed by atoms with E-state index in [1.807, 2.05) is 11.1 Å². The fourth-order valence-corrected chi connectivity index (χ4v) is 3.51. The summed E-state index contributed by atoms with van der Waals surface area (Å²) in [7, 11) is 0. The minimum absolute atomic E-state index is 1.03. The van der Waals surface area contributed by atoms with Crippen molar-refractivity contribution < 1.29 is 0 Å². The van der Waals surface area contributed by atoms with Gasteiger partial charge >= 0.3 is 0 Å². The fourth-order valence-electron chi connectivity index (χ4n) is 3.51. The number of aryl methyl sites for hydroxylation is 3. The maximum absolute atomic E-state index is 4.20. The molecule has 1 aromatic rings. The molecule has 0 saturated heterocycles. The van der Waals surface area contributed by atoms with Crippen molar-refractivity contribution in [3.05, 3.63) is 89.4 Å². The van der Waals surface area contributed by atoms with Gasteiger partial charge in [0.1, 0.15) is 0 Å². The highest BCUT2D eigenvalue weighted by atomic mass is 15.3. The summed E-state index contributed by atoms with van der Waals surface area (Å²) in [5.41, 5.74) is 9.60. The Morgan fingerprint density at radius 1 is 0.957 bits per heavy atom. The molecule has 2 nitrogen and oxygen atoms in total. The molecule has 23 heavy (non-hydrogen) atoms. The third-order valence-corrected chi connectivity index (χ3v) is 4.22. The lowest BCUT2D eigenvalue weighted by Crippen LogP contribution is -2.22. The summed E-state index contributed by atoms with van der Waals surface area (Å²) < 4.78 is 0. The van der Waals surface area contributed by atoms with Gasteiger partial charge in [-0.2, -0.15) is 18.1 Å². The standard InChI is InChI=1S/C21H23N2/c1-14-9-16(3)20(17(4)10-14)22-7-8-23(13-22)21-18(5)11-15(2)12-19(21)6/h7-12H,3H2,1-2,4-6H3/q-1. The van der Waals surface area contributed by atoms with Gasteiger partial charge in [0.2, 0.25) is 6.67 Å². The van der Waals surface area contributed by atoms with Gasteiger partial charge in [-0.1, -0.05) is 37.2 Å². The fraction of sp³-hybridized carbons (Fsp3) is 0.238. The van der Waals surface area contributed by atoms with Gasteiger partial charge < -0.3 is 9.80 Å². The van der Waals surface area contributed by atoms with Crippen LogP contribution in [0.2, 0.25) is 0 Å². The SMILES string of the molecule is C=C1C=C(C)[CH-]C(C)=C1N1[C]N(c2c(C)cc(C)cc2C)C=C1. The minimum atomic E-state index is 1.03. The maximum atomic E-state index is 4.20. The van der Waals surface area contributed by atoms with Gasteiger partial charge in [0.05, 0.1) is 0 Å². The number of hydrogen-bond donors (Lipinski definition) is 0. The molecule has 2 aliphatic rings. The second-order valence-electron chi connectivity index (χ2n) is 6.48. The quantitative estimate of drug-likeness (QED) is 0.693. The summed E-state index contributed by atoms with van der Waals surface area (Å²) >= 11 is 0. The third-order valence-electron chi connectivity index (χ3n) is 4.22. The Morgan fingerprint density at radius 3 is 2.17 bits per heavy atom.